The van der Waals surface area contributed by atoms with Gasteiger partial charge in [0.05, 0.1) is 0 Å². The first-order valence-electron chi connectivity index (χ1n) is 9.23. The smallest absolute Gasteiger partial charge is 0.0764 e. The normalized spacial score (nSPS) is 13.2. The molecule has 0 saturated heterocycles. The average Bonchev–Trinajstić information content (AvgIpc) is 3.05. The van der Waals surface area contributed by atoms with Crippen molar-refractivity contribution in [1.29, 1.82) is 0 Å². The molecule has 0 heterocycles. The lowest BCUT2D eigenvalue weighted by Gasteiger charge is -2.27. The fourth-order valence-electron chi connectivity index (χ4n) is 4.13. The van der Waals surface area contributed by atoms with Gasteiger partial charge in [-0.2, -0.15) is 0 Å². The zero-order chi connectivity index (χ0) is 18.1. The van der Waals surface area contributed by atoms with Gasteiger partial charge >= 0.3 is 0 Å². The summed E-state index contributed by atoms with van der Waals surface area (Å²) in [6, 6.07) is 38.2. The fraction of sp³-hybridized carbons (Fsp3) is 0.0370. The van der Waals surface area contributed by atoms with E-state index in [1.54, 1.807) is 0 Å². The Kier molecular flexibility index (Phi) is 3.66. The number of rotatable bonds is 1. The molecule has 0 bridgehead atoms. The maximum Gasteiger partial charge on any atom is 0.108 e. The summed E-state index contributed by atoms with van der Waals surface area (Å²) in [5.74, 6) is 7.15. The van der Waals surface area contributed by atoms with E-state index in [1.807, 2.05) is 18.2 Å². The molecule has 1 aliphatic rings. The molecule has 0 amide bonds. The van der Waals surface area contributed by atoms with E-state index in [0.29, 0.717) is 0 Å². The summed E-state index contributed by atoms with van der Waals surface area (Å²) in [7, 11) is 0. The zero-order valence-corrected chi connectivity index (χ0v) is 14.9. The van der Waals surface area contributed by atoms with E-state index in [-0.39, 0.29) is 0 Å². The Labute approximate surface area is 160 Å². The van der Waals surface area contributed by atoms with Crippen molar-refractivity contribution in [2.45, 2.75) is 5.41 Å². The van der Waals surface area contributed by atoms with E-state index in [9.17, 15) is 0 Å². The Balaban J connectivity index is 1.86. The molecule has 0 fully saturated rings. The molecule has 5 rings (SSSR count). The van der Waals surface area contributed by atoms with E-state index >= 15 is 0 Å². The van der Waals surface area contributed by atoms with Gasteiger partial charge in [0, 0.05) is 5.56 Å². The zero-order valence-electron chi connectivity index (χ0n) is 14.9. The van der Waals surface area contributed by atoms with E-state index < -0.39 is 5.41 Å². The third kappa shape index (κ3) is 2.40. The molecule has 0 spiro atoms. The van der Waals surface area contributed by atoms with Crippen molar-refractivity contribution in [1.82, 2.24) is 0 Å². The molecule has 0 radical (unpaired) electrons. The van der Waals surface area contributed by atoms with Crippen LogP contribution in [0, 0.1) is 11.8 Å². The SMILES string of the molecule is C(#CC1(c2ccccc2)c2ccccc2-c2ccccc21)c1ccccc1. The minimum Gasteiger partial charge on any atom is -0.0764 e. The summed E-state index contributed by atoms with van der Waals surface area (Å²) in [6.07, 6.45) is 0. The summed E-state index contributed by atoms with van der Waals surface area (Å²) in [4.78, 5) is 0. The Morgan fingerprint density at radius 3 is 1.56 bits per heavy atom. The van der Waals surface area contributed by atoms with Crippen LogP contribution in [0.1, 0.15) is 22.3 Å². The summed E-state index contributed by atoms with van der Waals surface area (Å²) in [5, 5.41) is 0. The second-order valence-corrected chi connectivity index (χ2v) is 6.82. The molecule has 0 unspecified atom stereocenters. The van der Waals surface area contributed by atoms with E-state index in [4.69, 9.17) is 0 Å². The van der Waals surface area contributed by atoms with E-state index in [0.717, 1.165) is 5.56 Å². The highest BCUT2D eigenvalue weighted by Crippen LogP contribution is 2.52. The Hall–Kier alpha value is -3.56. The molecular formula is C27H18. The van der Waals surface area contributed by atoms with Crippen LogP contribution in [0.15, 0.2) is 109 Å². The van der Waals surface area contributed by atoms with Gasteiger partial charge in [0.25, 0.3) is 0 Å². The lowest BCUT2D eigenvalue weighted by molar-refractivity contribution is 0.837. The fourth-order valence-corrected chi connectivity index (χ4v) is 4.13. The van der Waals surface area contributed by atoms with Crippen LogP contribution < -0.4 is 0 Å². The maximum atomic E-state index is 3.69. The third-order valence-corrected chi connectivity index (χ3v) is 5.33. The highest BCUT2D eigenvalue weighted by Gasteiger charge is 2.43. The van der Waals surface area contributed by atoms with Crippen LogP contribution in [0.4, 0.5) is 0 Å². The molecule has 0 aromatic heterocycles. The average molecular weight is 342 g/mol. The molecule has 0 N–H and O–H groups in total. The molecule has 0 aliphatic heterocycles. The van der Waals surface area contributed by atoms with Crippen LogP contribution in [-0.4, -0.2) is 0 Å². The summed E-state index contributed by atoms with van der Waals surface area (Å²) in [6.45, 7) is 0. The van der Waals surface area contributed by atoms with E-state index in [1.165, 1.54) is 27.8 Å². The van der Waals surface area contributed by atoms with Gasteiger partial charge in [-0.1, -0.05) is 109 Å². The van der Waals surface area contributed by atoms with Crippen molar-refractivity contribution in [2.24, 2.45) is 0 Å². The quantitative estimate of drug-likeness (QED) is 0.369. The van der Waals surface area contributed by atoms with Crippen molar-refractivity contribution in [3.05, 3.63) is 131 Å². The van der Waals surface area contributed by atoms with Gasteiger partial charge in [-0.3, -0.25) is 0 Å². The van der Waals surface area contributed by atoms with Crippen LogP contribution in [0.3, 0.4) is 0 Å². The monoisotopic (exact) mass is 342 g/mol. The Bertz CT molecular complexity index is 1110. The number of hydrogen-bond donors (Lipinski definition) is 0. The lowest BCUT2D eigenvalue weighted by Crippen LogP contribution is -2.24. The highest BCUT2D eigenvalue weighted by molar-refractivity contribution is 5.86. The van der Waals surface area contributed by atoms with Crippen LogP contribution in [0.2, 0.25) is 0 Å². The topological polar surface area (TPSA) is 0 Å². The van der Waals surface area contributed by atoms with Gasteiger partial charge in [-0.15, -0.1) is 0 Å². The van der Waals surface area contributed by atoms with Crippen molar-refractivity contribution in [3.8, 4) is 23.0 Å². The van der Waals surface area contributed by atoms with Crippen LogP contribution in [-0.2, 0) is 5.41 Å². The molecule has 0 saturated carbocycles. The van der Waals surface area contributed by atoms with E-state index in [2.05, 4.69) is 103 Å². The molecule has 0 nitrogen and oxygen atoms in total. The molecule has 1 aliphatic carbocycles. The number of hydrogen-bond acceptors (Lipinski definition) is 0. The Morgan fingerprint density at radius 2 is 0.963 bits per heavy atom. The van der Waals surface area contributed by atoms with Crippen molar-refractivity contribution >= 4 is 0 Å². The molecule has 126 valence electrons. The number of benzene rings is 4. The van der Waals surface area contributed by atoms with Gasteiger partial charge in [0.15, 0.2) is 0 Å². The summed E-state index contributed by atoms with van der Waals surface area (Å²) >= 11 is 0. The van der Waals surface area contributed by atoms with Crippen LogP contribution in [0.25, 0.3) is 11.1 Å². The molecule has 27 heavy (non-hydrogen) atoms. The van der Waals surface area contributed by atoms with Gasteiger partial charge in [0.2, 0.25) is 0 Å². The molecule has 0 atom stereocenters. The number of fused-ring (bicyclic) bond motifs is 3. The predicted octanol–water partition coefficient (Wildman–Crippen LogP) is 6.05. The maximum absolute atomic E-state index is 3.69. The lowest BCUT2D eigenvalue weighted by atomic mass is 9.73. The van der Waals surface area contributed by atoms with Crippen LogP contribution >= 0.6 is 0 Å². The van der Waals surface area contributed by atoms with Crippen LogP contribution in [0.5, 0.6) is 0 Å². The van der Waals surface area contributed by atoms with Gasteiger partial charge in [0.1, 0.15) is 5.41 Å². The molecular weight excluding hydrogens is 324 g/mol. The summed E-state index contributed by atoms with van der Waals surface area (Å²) < 4.78 is 0. The van der Waals surface area contributed by atoms with Crippen molar-refractivity contribution < 1.29 is 0 Å². The molecule has 0 heteroatoms. The largest absolute Gasteiger partial charge is 0.108 e. The highest BCUT2D eigenvalue weighted by atomic mass is 14.4. The second kappa shape index (κ2) is 6.31. The summed E-state index contributed by atoms with van der Waals surface area (Å²) in [5.41, 5.74) is 6.88. The minimum absolute atomic E-state index is 0.454. The van der Waals surface area contributed by atoms with Crippen molar-refractivity contribution in [3.63, 3.8) is 0 Å². The predicted molar refractivity (Wildman–Crippen MR) is 112 cm³/mol. The molecule has 4 aromatic rings. The molecule has 4 aromatic carbocycles. The van der Waals surface area contributed by atoms with Gasteiger partial charge in [-0.25, -0.2) is 0 Å². The van der Waals surface area contributed by atoms with Gasteiger partial charge < -0.3 is 0 Å². The first kappa shape index (κ1) is 15.7. The second-order valence-electron chi connectivity index (χ2n) is 6.82. The van der Waals surface area contributed by atoms with Crippen molar-refractivity contribution in [2.75, 3.05) is 0 Å². The first-order chi connectivity index (χ1) is 13.4. The van der Waals surface area contributed by atoms with Gasteiger partial charge in [-0.05, 0) is 39.9 Å². The standard InChI is InChI=1S/C27H18/c1-3-11-21(12-4-1)19-20-27(22-13-5-2-6-14-22)25-17-9-7-15-23(25)24-16-8-10-18-26(24)27/h1-18H. The third-order valence-electron chi connectivity index (χ3n) is 5.33. The minimum atomic E-state index is -0.454. The first-order valence-corrected chi connectivity index (χ1v) is 9.23. The Morgan fingerprint density at radius 1 is 0.481 bits per heavy atom.